The number of ether oxygens (including phenoxy) is 1. The second kappa shape index (κ2) is 7.99. The number of methoxy groups -OCH3 is 1. The summed E-state index contributed by atoms with van der Waals surface area (Å²) in [6.45, 7) is 0. The average Bonchev–Trinajstić information content (AvgIpc) is 3.20. The molecule has 8 heteroatoms. The second-order valence-electron chi connectivity index (χ2n) is 5.69. The minimum atomic E-state index is -4.50. The van der Waals surface area contributed by atoms with Crippen LogP contribution in [0.15, 0.2) is 65.5 Å². The van der Waals surface area contributed by atoms with Crippen LogP contribution >= 0.6 is 0 Å². The molecule has 1 amide bonds. The fraction of sp³-hybridized carbons (Fsp3) is 0.100. The minimum absolute atomic E-state index is 0.0941. The molecular weight excluding hydrogens is 373 g/mol. The van der Waals surface area contributed by atoms with Gasteiger partial charge >= 0.3 is 6.18 Å². The molecule has 28 heavy (non-hydrogen) atoms. The number of hydrogen-bond donors (Lipinski definition) is 1. The van der Waals surface area contributed by atoms with Crippen molar-refractivity contribution in [3.8, 4) is 17.1 Å². The lowest BCUT2D eigenvalue weighted by atomic mass is 10.1. The van der Waals surface area contributed by atoms with Crippen molar-refractivity contribution in [3.05, 3.63) is 72.3 Å². The van der Waals surface area contributed by atoms with E-state index in [1.807, 2.05) is 0 Å². The largest absolute Gasteiger partial charge is 0.496 e. The van der Waals surface area contributed by atoms with Crippen molar-refractivity contribution in [1.29, 1.82) is 0 Å². The Morgan fingerprint density at radius 3 is 2.68 bits per heavy atom. The maximum atomic E-state index is 13.0. The van der Waals surface area contributed by atoms with E-state index in [4.69, 9.17) is 9.15 Å². The number of halogens is 3. The normalized spacial score (nSPS) is 11.6. The molecule has 0 aliphatic heterocycles. The van der Waals surface area contributed by atoms with Gasteiger partial charge in [0.05, 0.1) is 24.4 Å². The molecule has 1 N–H and O–H groups in total. The Balaban J connectivity index is 1.76. The molecule has 3 rings (SSSR count). The Morgan fingerprint density at radius 2 is 2.00 bits per heavy atom. The molecule has 0 saturated heterocycles. The molecule has 0 radical (unpaired) electrons. The highest BCUT2D eigenvalue weighted by Crippen LogP contribution is 2.33. The molecule has 1 heterocycles. The zero-order valence-corrected chi connectivity index (χ0v) is 14.7. The van der Waals surface area contributed by atoms with Gasteiger partial charge < -0.3 is 14.5 Å². The number of hydrogen-bond acceptors (Lipinski definition) is 4. The molecule has 0 unspecified atom stereocenters. The van der Waals surface area contributed by atoms with Crippen LogP contribution < -0.4 is 10.1 Å². The smallest absolute Gasteiger partial charge is 0.416 e. The van der Waals surface area contributed by atoms with E-state index in [1.54, 1.807) is 18.2 Å². The Kier molecular flexibility index (Phi) is 5.49. The molecule has 0 atom stereocenters. The van der Waals surface area contributed by atoms with Crippen LogP contribution in [0.2, 0.25) is 0 Å². The van der Waals surface area contributed by atoms with Crippen LogP contribution in [0.1, 0.15) is 11.1 Å². The summed E-state index contributed by atoms with van der Waals surface area (Å²) in [7, 11) is 1.47. The number of carbonyl (C=O) groups excluding carboxylic acids is 1. The maximum Gasteiger partial charge on any atom is 0.416 e. The minimum Gasteiger partial charge on any atom is -0.496 e. The monoisotopic (exact) mass is 388 g/mol. The molecule has 144 valence electrons. The number of rotatable bonds is 5. The fourth-order valence-electron chi connectivity index (χ4n) is 2.57. The zero-order valence-electron chi connectivity index (χ0n) is 14.7. The van der Waals surface area contributed by atoms with Crippen molar-refractivity contribution in [3.63, 3.8) is 0 Å². The van der Waals surface area contributed by atoms with Crippen LogP contribution in [-0.4, -0.2) is 18.0 Å². The molecule has 0 saturated carbocycles. The summed E-state index contributed by atoms with van der Waals surface area (Å²) in [6.07, 6.45) is 0.478. The third-order valence-corrected chi connectivity index (χ3v) is 3.85. The van der Waals surface area contributed by atoms with Gasteiger partial charge in [-0.3, -0.25) is 4.79 Å². The Labute approximate surface area is 158 Å². The van der Waals surface area contributed by atoms with Crippen molar-refractivity contribution < 1.29 is 27.1 Å². The van der Waals surface area contributed by atoms with Gasteiger partial charge in [0, 0.05) is 17.8 Å². The summed E-state index contributed by atoms with van der Waals surface area (Å²) in [5.74, 6) is 0.366. The number of alkyl halides is 3. The first-order chi connectivity index (χ1) is 13.4. The Bertz CT molecular complexity index is 996. The molecule has 0 bridgehead atoms. The summed E-state index contributed by atoms with van der Waals surface area (Å²) >= 11 is 0. The number of anilines is 1. The van der Waals surface area contributed by atoms with Crippen LogP contribution in [0.3, 0.4) is 0 Å². The second-order valence-corrected chi connectivity index (χ2v) is 5.69. The number of nitrogens with one attached hydrogen (secondary N) is 1. The van der Waals surface area contributed by atoms with E-state index in [0.717, 1.165) is 18.2 Å². The molecule has 0 aliphatic rings. The Morgan fingerprint density at radius 1 is 1.21 bits per heavy atom. The van der Waals surface area contributed by atoms with Crippen LogP contribution in [0.5, 0.6) is 5.75 Å². The summed E-state index contributed by atoms with van der Waals surface area (Å²) in [6, 6.07) is 9.90. The van der Waals surface area contributed by atoms with Crippen molar-refractivity contribution >= 4 is 17.7 Å². The van der Waals surface area contributed by atoms with E-state index in [1.165, 1.54) is 37.9 Å². The molecule has 0 spiro atoms. The van der Waals surface area contributed by atoms with E-state index in [2.05, 4.69) is 10.3 Å². The van der Waals surface area contributed by atoms with Gasteiger partial charge in [0.15, 0.2) is 12.2 Å². The molecule has 5 nitrogen and oxygen atoms in total. The predicted octanol–water partition coefficient (Wildman–Crippen LogP) is 5.02. The third-order valence-electron chi connectivity index (χ3n) is 3.85. The van der Waals surface area contributed by atoms with Crippen LogP contribution in [-0.2, 0) is 11.0 Å². The van der Waals surface area contributed by atoms with Gasteiger partial charge in [-0.1, -0.05) is 18.2 Å². The predicted molar refractivity (Wildman–Crippen MR) is 97.6 cm³/mol. The van der Waals surface area contributed by atoms with Crippen LogP contribution in [0.25, 0.3) is 17.4 Å². The van der Waals surface area contributed by atoms with Crippen molar-refractivity contribution in [1.82, 2.24) is 4.98 Å². The number of carbonyl (C=O) groups is 1. The molecule has 2 aromatic carbocycles. The SMILES string of the molecule is COc1cc(NC(=O)C=Cc2ccccc2C(F)(F)F)ccc1-c1cnco1. The van der Waals surface area contributed by atoms with E-state index >= 15 is 0 Å². The van der Waals surface area contributed by atoms with Crippen molar-refractivity contribution in [2.75, 3.05) is 12.4 Å². The lowest BCUT2D eigenvalue weighted by Crippen LogP contribution is -2.09. The van der Waals surface area contributed by atoms with E-state index < -0.39 is 17.6 Å². The zero-order chi connectivity index (χ0) is 20.1. The van der Waals surface area contributed by atoms with Gasteiger partial charge in [-0.15, -0.1) is 0 Å². The van der Waals surface area contributed by atoms with Gasteiger partial charge in [-0.05, 0) is 29.8 Å². The highest BCUT2D eigenvalue weighted by molar-refractivity contribution is 6.02. The maximum absolute atomic E-state index is 13.0. The van der Waals surface area contributed by atoms with Gasteiger partial charge in [-0.25, -0.2) is 4.98 Å². The van der Waals surface area contributed by atoms with Crippen molar-refractivity contribution in [2.45, 2.75) is 6.18 Å². The molecule has 3 aromatic rings. The third kappa shape index (κ3) is 4.40. The first-order valence-electron chi connectivity index (χ1n) is 8.10. The highest BCUT2D eigenvalue weighted by atomic mass is 19.4. The molecular formula is C20H15F3N2O3. The molecule has 0 aliphatic carbocycles. The first-order valence-corrected chi connectivity index (χ1v) is 8.10. The first kappa shape index (κ1) is 19.2. The number of nitrogens with zero attached hydrogens (tertiary/aromatic N) is 1. The van der Waals surface area contributed by atoms with Gasteiger partial charge in [0.25, 0.3) is 0 Å². The highest BCUT2D eigenvalue weighted by Gasteiger charge is 2.32. The number of aromatic nitrogens is 1. The van der Waals surface area contributed by atoms with E-state index in [9.17, 15) is 18.0 Å². The topological polar surface area (TPSA) is 64.4 Å². The number of benzene rings is 2. The number of amides is 1. The van der Waals surface area contributed by atoms with Crippen LogP contribution in [0.4, 0.5) is 18.9 Å². The summed E-state index contributed by atoms with van der Waals surface area (Å²) in [5, 5.41) is 2.58. The van der Waals surface area contributed by atoms with E-state index in [-0.39, 0.29) is 5.56 Å². The lowest BCUT2D eigenvalue weighted by molar-refractivity contribution is -0.137. The van der Waals surface area contributed by atoms with E-state index in [0.29, 0.717) is 22.8 Å². The van der Waals surface area contributed by atoms with Crippen LogP contribution in [0, 0.1) is 0 Å². The number of oxazole rings is 1. The van der Waals surface area contributed by atoms with Gasteiger partial charge in [0.2, 0.25) is 5.91 Å². The van der Waals surface area contributed by atoms with Crippen molar-refractivity contribution in [2.24, 2.45) is 0 Å². The van der Waals surface area contributed by atoms with Gasteiger partial charge in [-0.2, -0.15) is 13.2 Å². The lowest BCUT2D eigenvalue weighted by Gasteiger charge is -2.10. The summed E-state index contributed by atoms with van der Waals surface area (Å²) < 4.78 is 49.5. The molecule has 0 fully saturated rings. The average molecular weight is 388 g/mol. The fourth-order valence-corrected chi connectivity index (χ4v) is 2.57. The summed E-state index contributed by atoms with van der Waals surface area (Å²) in [4.78, 5) is 16.0. The molecule has 1 aromatic heterocycles. The Hall–Kier alpha value is -3.55. The quantitative estimate of drug-likeness (QED) is 0.624. The summed E-state index contributed by atoms with van der Waals surface area (Å²) in [5.41, 5.74) is 0.159. The standard InChI is InChI=1S/C20H15F3N2O3/c1-27-17-10-14(7-8-15(17)18-11-24-12-28-18)25-19(26)9-6-13-4-2-3-5-16(13)20(21,22)23/h2-12H,1H3,(H,25,26). The van der Waals surface area contributed by atoms with Gasteiger partial charge in [0.1, 0.15) is 5.75 Å².